The molecule has 0 bridgehead atoms. The number of hydrogen-bond donors (Lipinski definition) is 2. The van der Waals surface area contributed by atoms with Gasteiger partial charge < -0.3 is 20.1 Å². The monoisotopic (exact) mass is 348 g/mol. The Kier molecular flexibility index (Phi) is 9.19. The molecule has 1 aliphatic rings. The van der Waals surface area contributed by atoms with Crippen molar-refractivity contribution in [3.8, 4) is 5.75 Å². The van der Waals surface area contributed by atoms with E-state index in [1.165, 1.54) is 25.7 Å². The van der Waals surface area contributed by atoms with E-state index in [2.05, 4.69) is 17.6 Å². The summed E-state index contributed by atoms with van der Waals surface area (Å²) in [6.07, 6.45) is 8.40. The van der Waals surface area contributed by atoms with Crippen molar-refractivity contribution in [1.82, 2.24) is 5.32 Å². The van der Waals surface area contributed by atoms with Crippen LogP contribution in [-0.4, -0.2) is 38.3 Å². The molecule has 140 valence electrons. The Bertz CT molecular complexity index is 501. The number of amides is 1. The summed E-state index contributed by atoms with van der Waals surface area (Å²) >= 11 is 0. The normalized spacial score (nSPS) is 16.6. The highest BCUT2D eigenvalue weighted by Gasteiger charge is 2.15. The SMILES string of the molecule is CCCCCCCNC(=O)CNc1cccc(OCC2CCCO2)c1. The third-order valence-corrected chi connectivity index (χ3v) is 4.35. The lowest BCUT2D eigenvalue weighted by Gasteiger charge is -2.13. The van der Waals surface area contributed by atoms with Gasteiger partial charge in [0.15, 0.2) is 0 Å². The largest absolute Gasteiger partial charge is 0.491 e. The number of nitrogens with one attached hydrogen (secondary N) is 2. The Labute approximate surface area is 151 Å². The summed E-state index contributed by atoms with van der Waals surface area (Å²) in [6.45, 7) is 4.67. The molecule has 0 saturated carbocycles. The minimum absolute atomic E-state index is 0.0289. The third kappa shape index (κ3) is 8.25. The number of carbonyl (C=O) groups is 1. The first-order valence-electron chi connectivity index (χ1n) is 9.63. The molecule has 1 saturated heterocycles. The summed E-state index contributed by atoms with van der Waals surface area (Å²) < 4.78 is 11.3. The van der Waals surface area contributed by atoms with E-state index in [-0.39, 0.29) is 18.6 Å². The Morgan fingerprint density at radius 2 is 2.16 bits per heavy atom. The van der Waals surface area contributed by atoms with E-state index in [1.807, 2.05) is 24.3 Å². The average Bonchev–Trinajstić information content (AvgIpc) is 3.15. The number of rotatable bonds is 12. The van der Waals surface area contributed by atoms with Crippen LogP contribution in [0.4, 0.5) is 5.69 Å². The molecular weight excluding hydrogens is 316 g/mol. The zero-order chi connectivity index (χ0) is 17.7. The van der Waals surface area contributed by atoms with Crippen LogP contribution in [0, 0.1) is 0 Å². The molecule has 5 heteroatoms. The fourth-order valence-electron chi connectivity index (χ4n) is 2.86. The number of unbranched alkanes of at least 4 members (excludes halogenated alkanes) is 4. The van der Waals surface area contributed by atoms with Gasteiger partial charge in [-0.3, -0.25) is 4.79 Å². The van der Waals surface area contributed by atoms with Crippen LogP contribution in [0.1, 0.15) is 51.9 Å². The van der Waals surface area contributed by atoms with Crippen LogP contribution in [0.2, 0.25) is 0 Å². The number of carbonyl (C=O) groups excluding carboxylic acids is 1. The molecule has 1 aromatic carbocycles. The quantitative estimate of drug-likeness (QED) is 0.565. The molecule has 1 fully saturated rings. The smallest absolute Gasteiger partial charge is 0.239 e. The second-order valence-corrected chi connectivity index (χ2v) is 6.59. The van der Waals surface area contributed by atoms with Crippen LogP contribution in [0.15, 0.2) is 24.3 Å². The summed E-state index contributed by atoms with van der Waals surface area (Å²) in [5.74, 6) is 0.831. The van der Waals surface area contributed by atoms with Crippen molar-refractivity contribution in [3.63, 3.8) is 0 Å². The molecule has 0 aromatic heterocycles. The highest BCUT2D eigenvalue weighted by atomic mass is 16.5. The van der Waals surface area contributed by atoms with Crippen molar-refractivity contribution in [1.29, 1.82) is 0 Å². The van der Waals surface area contributed by atoms with Crippen LogP contribution < -0.4 is 15.4 Å². The molecule has 1 aliphatic heterocycles. The number of anilines is 1. The van der Waals surface area contributed by atoms with Crippen LogP contribution in [0.3, 0.4) is 0 Å². The van der Waals surface area contributed by atoms with Crippen LogP contribution in [-0.2, 0) is 9.53 Å². The van der Waals surface area contributed by atoms with E-state index < -0.39 is 0 Å². The van der Waals surface area contributed by atoms with E-state index >= 15 is 0 Å². The second kappa shape index (κ2) is 11.7. The fourth-order valence-corrected chi connectivity index (χ4v) is 2.86. The van der Waals surface area contributed by atoms with Crippen LogP contribution in [0.25, 0.3) is 0 Å². The van der Waals surface area contributed by atoms with Gasteiger partial charge in [-0.2, -0.15) is 0 Å². The maximum Gasteiger partial charge on any atom is 0.239 e. The number of hydrogen-bond acceptors (Lipinski definition) is 4. The molecule has 1 heterocycles. The van der Waals surface area contributed by atoms with Gasteiger partial charge in [-0.1, -0.05) is 38.7 Å². The predicted molar refractivity (Wildman–Crippen MR) is 101 cm³/mol. The maximum atomic E-state index is 11.9. The summed E-state index contributed by atoms with van der Waals surface area (Å²) in [5, 5.41) is 6.11. The molecule has 1 atom stereocenters. The second-order valence-electron chi connectivity index (χ2n) is 6.59. The molecule has 2 N–H and O–H groups in total. The van der Waals surface area contributed by atoms with Gasteiger partial charge in [0.25, 0.3) is 0 Å². The zero-order valence-corrected chi connectivity index (χ0v) is 15.4. The van der Waals surface area contributed by atoms with E-state index in [0.29, 0.717) is 6.61 Å². The van der Waals surface area contributed by atoms with Gasteiger partial charge in [0.1, 0.15) is 12.4 Å². The first-order valence-corrected chi connectivity index (χ1v) is 9.63. The lowest BCUT2D eigenvalue weighted by atomic mass is 10.1. The fraction of sp³-hybridized carbons (Fsp3) is 0.650. The van der Waals surface area contributed by atoms with Crippen molar-refractivity contribution < 1.29 is 14.3 Å². The predicted octanol–water partition coefficient (Wildman–Crippen LogP) is 3.74. The molecule has 1 amide bonds. The standard InChI is InChI=1S/C20H32N2O3/c1-2-3-4-5-6-12-21-20(23)15-22-17-9-7-10-18(14-17)25-16-19-11-8-13-24-19/h7,9-10,14,19,22H,2-6,8,11-13,15-16H2,1H3,(H,21,23). The first-order chi connectivity index (χ1) is 12.3. The Morgan fingerprint density at radius 3 is 2.96 bits per heavy atom. The summed E-state index contributed by atoms with van der Waals surface area (Å²) in [6, 6.07) is 7.72. The minimum Gasteiger partial charge on any atom is -0.491 e. The van der Waals surface area contributed by atoms with Crippen molar-refractivity contribution in [2.24, 2.45) is 0 Å². The van der Waals surface area contributed by atoms with Gasteiger partial charge in [0.05, 0.1) is 12.6 Å². The highest BCUT2D eigenvalue weighted by molar-refractivity contribution is 5.80. The van der Waals surface area contributed by atoms with E-state index in [4.69, 9.17) is 9.47 Å². The Balaban J connectivity index is 1.61. The van der Waals surface area contributed by atoms with Gasteiger partial charge in [0.2, 0.25) is 5.91 Å². The summed E-state index contributed by atoms with van der Waals surface area (Å²) in [5.41, 5.74) is 0.892. The third-order valence-electron chi connectivity index (χ3n) is 4.35. The van der Waals surface area contributed by atoms with Crippen LogP contribution >= 0.6 is 0 Å². The van der Waals surface area contributed by atoms with E-state index in [1.54, 1.807) is 0 Å². The van der Waals surface area contributed by atoms with Crippen molar-refractivity contribution in [3.05, 3.63) is 24.3 Å². The van der Waals surface area contributed by atoms with Crippen molar-refractivity contribution >= 4 is 11.6 Å². The Hall–Kier alpha value is -1.75. The topological polar surface area (TPSA) is 59.6 Å². The maximum absolute atomic E-state index is 11.9. The zero-order valence-electron chi connectivity index (χ0n) is 15.4. The minimum atomic E-state index is 0.0289. The Morgan fingerprint density at radius 1 is 1.28 bits per heavy atom. The van der Waals surface area contributed by atoms with E-state index in [0.717, 1.165) is 43.9 Å². The molecule has 0 spiro atoms. The van der Waals surface area contributed by atoms with Gasteiger partial charge >= 0.3 is 0 Å². The molecular formula is C20H32N2O3. The van der Waals surface area contributed by atoms with Crippen LogP contribution in [0.5, 0.6) is 5.75 Å². The molecule has 0 aliphatic carbocycles. The van der Waals surface area contributed by atoms with Gasteiger partial charge in [-0.15, -0.1) is 0 Å². The molecule has 2 rings (SSSR count). The summed E-state index contributed by atoms with van der Waals surface area (Å²) in [7, 11) is 0. The van der Waals surface area contributed by atoms with Crippen molar-refractivity contribution in [2.45, 2.75) is 58.0 Å². The molecule has 25 heavy (non-hydrogen) atoms. The molecule has 1 unspecified atom stereocenters. The van der Waals surface area contributed by atoms with Crippen molar-refractivity contribution in [2.75, 3.05) is 31.6 Å². The highest BCUT2D eigenvalue weighted by Crippen LogP contribution is 2.19. The van der Waals surface area contributed by atoms with Gasteiger partial charge in [0, 0.05) is 24.9 Å². The molecule has 1 aromatic rings. The van der Waals surface area contributed by atoms with E-state index in [9.17, 15) is 4.79 Å². The summed E-state index contributed by atoms with van der Waals surface area (Å²) in [4.78, 5) is 11.9. The number of benzene rings is 1. The molecule has 0 radical (unpaired) electrons. The van der Waals surface area contributed by atoms with Gasteiger partial charge in [-0.05, 0) is 31.4 Å². The lowest BCUT2D eigenvalue weighted by Crippen LogP contribution is -2.30. The average molecular weight is 348 g/mol. The number of ether oxygens (including phenoxy) is 2. The first kappa shape index (κ1) is 19.6. The lowest BCUT2D eigenvalue weighted by molar-refractivity contribution is -0.119. The van der Waals surface area contributed by atoms with Gasteiger partial charge in [-0.25, -0.2) is 0 Å². The molecule has 5 nitrogen and oxygen atoms in total.